The maximum absolute atomic E-state index is 13.2. The standard InChI is InChI=1S/C24H29N3O2/c1-25(2)22(16-18-6-4-3-5-7-18)24(29)27-14-12-26(13-15-27)23(28)21-11-9-19-8-10-20(19)17-21/h3-7,9,11,17,22H,8,10,12-16H2,1-2H3/t22-/m0/s1. The highest BCUT2D eigenvalue weighted by Crippen LogP contribution is 2.24. The van der Waals surface area contributed by atoms with Crippen LogP contribution in [0.4, 0.5) is 0 Å². The highest BCUT2D eigenvalue weighted by atomic mass is 16.2. The average Bonchev–Trinajstić information content (AvgIpc) is 2.72. The number of piperazine rings is 1. The summed E-state index contributed by atoms with van der Waals surface area (Å²) in [4.78, 5) is 31.8. The van der Waals surface area contributed by atoms with Gasteiger partial charge >= 0.3 is 0 Å². The van der Waals surface area contributed by atoms with E-state index in [-0.39, 0.29) is 17.9 Å². The summed E-state index contributed by atoms with van der Waals surface area (Å²) in [6.45, 7) is 2.36. The molecule has 5 nitrogen and oxygen atoms in total. The Morgan fingerprint density at radius 2 is 1.55 bits per heavy atom. The molecular weight excluding hydrogens is 362 g/mol. The van der Waals surface area contributed by atoms with Crippen molar-refractivity contribution in [1.82, 2.24) is 14.7 Å². The Balaban J connectivity index is 1.36. The monoisotopic (exact) mass is 391 g/mol. The first-order chi connectivity index (χ1) is 14.0. The van der Waals surface area contributed by atoms with Crippen LogP contribution in [0.25, 0.3) is 0 Å². The molecule has 2 aromatic carbocycles. The predicted molar refractivity (Wildman–Crippen MR) is 114 cm³/mol. The van der Waals surface area contributed by atoms with Crippen molar-refractivity contribution in [2.75, 3.05) is 40.3 Å². The Bertz CT molecular complexity index is 886. The minimum atomic E-state index is -0.187. The second kappa shape index (κ2) is 8.37. The van der Waals surface area contributed by atoms with Crippen LogP contribution < -0.4 is 0 Å². The van der Waals surface area contributed by atoms with Crippen LogP contribution in [0.1, 0.15) is 27.0 Å². The number of carbonyl (C=O) groups is 2. The third-order valence-electron chi connectivity index (χ3n) is 6.18. The average molecular weight is 392 g/mol. The summed E-state index contributed by atoms with van der Waals surface area (Å²) in [5, 5.41) is 0. The van der Waals surface area contributed by atoms with Gasteiger partial charge in [-0.1, -0.05) is 36.4 Å². The number of rotatable bonds is 5. The van der Waals surface area contributed by atoms with E-state index in [4.69, 9.17) is 0 Å². The van der Waals surface area contributed by atoms with Gasteiger partial charge in [-0.25, -0.2) is 0 Å². The van der Waals surface area contributed by atoms with Gasteiger partial charge in [0.25, 0.3) is 5.91 Å². The van der Waals surface area contributed by atoms with Gasteiger partial charge in [-0.2, -0.15) is 0 Å². The van der Waals surface area contributed by atoms with Gasteiger partial charge in [0.15, 0.2) is 0 Å². The van der Waals surface area contributed by atoms with Crippen molar-refractivity contribution >= 4 is 11.8 Å². The third-order valence-corrected chi connectivity index (χ3v) is 6.18. The molecule has 1 fully saturated rings. The summed E-state index contributed by atoms with van der Waals surface area (Å²) in [6, 6.07) is 16.0. The molecule has 152 valence electrons. The molecule has 0 bridgehead atoms. The smallest absolute Gasteiger partial charge is 0.253 e. The number of nitrogens with zero attached hydrogens (tertiary/aromatic N) is 3. The van der Waals surface area contributed by atoms with Crippen LogP contribution in [0.3, 0.4) is 0 Å². The van der Waals surface area contributed by atoms with Gasteiger partial charge in [0.05, 0.1) is 6.04 Å². The molecule has 1 aliphatic heterocycles. The van der Waals surface area contributed by atoms with Crippen molar-refractivity contribution in [3.8, 4) is 0 Å². The second-order valence-corrected chi connectivity index (χ2v) is 8.27. The van der Waals surface area contributed by atoms with E-state index in [1.807, 2.05) is 59.1 Å². The van der Waals surface area contributed by atoms with Gasteiger partial charge in [0.2, 0.25) is 5.91 Å². The van der Waals surface area contributed by atoms with Crippen molar-refractivity contribution in [2.24, 2.45) is 0 Å². The van der Waals surface area contributed by atoms with Crippen molar-refractivity contribution in [2.45, 2.75) is 25.3 Å². The highest BCUT2D eigenvalue weighted by Gasteiger charge is 2.30. The number of hydrogen-bond acceptors (Lipinski definition) is 3. The lowest BCUT2D eigenvalue weighted by Crippen LogP contribution is -2.55. The molecule has 4 rings (SSSR count). The molecular formula is C24H29N3O2. The van der Waals surface area contributed by atoms with E-state index in [9.17, 15) is 9.59 Å². The Morgan fingerprint density at radius 3 is 2.14 bits per heavy atom. The predicted octanol–water partition coefficient (Wildman–Crippen LogP) is 2.24. The molecule has 0 unspecified atom stereocenters. The SMILES string of the molecule is CN(C)[C@@H](Cc1ccccc1)C(=O)N1CCN(C(=O)c2ccc3c(c2)CC3)CC1. The largest absolute Gasteiger partial charge is 0.338 e. The quantitative estimate of drug-likeness (QED) is 0.785. The molecule has 2 amide bonds. The zero-order valence-corrected chi connectivity index (χ0v) is 17.3. The number of benzene rings is 2. The number of hydrogen-bond donors (Lipinski definition) is 0. The zero-order valence-electron chi connectivity index (χ0n) is 17.3. The van der Waals surface area contributed by atoms with Crippen LogP contribution in [0.5, 0.6) is 0 Å². The minimum absolute atomic E-state index is 0.0836. The first-order valence-corrected chi connectivity index (χ1v) is 10.4. The lowest BCUT2D eigenvalue weighted by Gasteiger charge is -2.38. The number of carbonyl (C=O) groups excluding carboxylic acids is 2. The first-order valence-electron chi connectivity index (χ1n) is 10.4. The van der Waals surface area contributed by atoms with E-state index in [1.165, 1.54) is 11.1 Å². The Hall–Kier alpha value is -2.66. The van der Waals surface area contributed by atoms with Gasteiger partial charge in [0, 0.05) is 31.7 Å². The molecule has 1 heterocycles. The van der Waals surface area contributed by atoms with Gasteiger partial charge in [0.1, 0.15) is 0 Å². The lowest BCUT2D eigenvalue weighted by atomic mass is 9.87. The molecule has 1 aliphatic carbocycles. The normalized spacial score (nSPS) is 16.9. The number of likely N-dealkylation sites (N-methyl/N-ethyl adjacent to an activating group) is 1. The highest BCUT2D eigenvalue weighted by molar-refractivity contribution is 5.95. The molecule has 0 aromatic heterocycles. The number of amides is 2. The van der Waals surface area contributed by atoms with Gasteiger partial charge in [-0.3, -0.25) is 14.5 Å². The maximum Gasteiger partial charge on any atom is 0.253 e. The van der Waals surface area contributed by atoms with Crippen LogP contribution in [0.15, 0.2) is 48.5 Å². The van der Waals surface area contributed by atoms with Crippen LogP contribution >= 0.6 is 0 Å². The summed E-state index contributed by atoms with van der Waals surface area (Å²) < 4.78 is 0. The molecule has 1 saturated heterocycles. The van der Waals surface area contributed by atoms with Crippen molar-refractivity contribution in [1.29, 1.82) is 0 Å². The van der Waals surface area contributed by atoms with Crippen LogP contribution in [0, 0.1) is 0 Å². The fraction of sp³-hybridized carbons (Fsp3) is 0.417. The van der Waals surface area contributed by atoms with E-state index >= 15 is 0 Å². The fourth-order valence-electron chi connectivity index (χ4n) is 4.18. The molecule has 0 spiro atoms. The van der Waals surface area contributed by atoms with Crippen molar-refractivity contribution in [3.63, 3.8) is 0 Å². The van der Waals surface area contributed by atoms with E-state index < -0.39 is 0 Å². The molecule has 1 atom stereocenters. The lowest BCUT2D eigenvalue weighted by molar-refractivity contribution is -0.137. The minimum Gasteiger partial charge on any atom is -0.338 e. The third kappa shape index (κ3) is 4.20. The van der Waals surface area contributed by atoms with Crippen molar-refractivity contribution in [3.05, 3.63) is 70.8 Å². The molecule has 0 radical (unpaired) electrons. The van der Waals surface area contributed by atoms with Gasteiger partial charge in [-0.15, -0.1) is 0 Å². The fourth-order valence-corrected chi connectivity index (χ4v) is 4.18. The summed E-state index contributed by atoms with van der Waals surface area (Å²) >= 11 is 0. The van der Waals surface area contributed by atoms with Gasteiger partial charge in [-0.05, 0) is 62.2 Å². The first kappa shape index (κ1) is 19.6. The second-order valence-electron chi connectivity index (χ2n) is 8.27. The molecule has 5 heteroatoms. The van der Waals surface area contributed by atoms with E-state index in [0.717, 1.165) is 24.0 Å². The summed E-state index contributed by atoms with van der Waals surface area (Å²) in [5.41, 5.74) is 4.61. The number of fused-ring (bicyclic) bond motifs is 1. The van der Waals surface area contributed by atoms with Gasteiger partial charge < -0.3 is 9.80 Å². The Labute approximate surface area is 172 Å². The van der Waals surface area contributed by atoms with E-state index in [2.05, 4.69) is 18.2 Å². The van der Waals surface area contributed by atoms with Crippen LogP contribution in [0.2, 0.25) is 0 Å². The van der Waals surface area contributed by atoms with E-state index in [1.54, 1.807) is 0 Å². The number of aryl methyl sites for hydroxylation is 2. The topological polar surface area (TPSA) is 43.9 Å². The maximum atomic E-state index is 13.2. The van der Waals surface area contributed by atoms with E-state index in [0.29, 0.717) is 32.6 Å². The zero-order chi connectivity index (χ0) is 20.4. The molecule has 2 aromatic rings. The molecule has 29 heavy (non-hydrogen) atoms. The molecule has 2 aliphatic rings. The Morgan fingerprint density at radius 1 is 0.897 bits per heavy atom. The van der Waals surface area contributed by atoms with Crippen LogP contribution in [-0.4, -0.2) is 72.8 Å². The molecule has 0 saturated carbocycles. The summed E-state index contributed by atoms with van der Waals surface area (Å²) in [7, 11) is 3.91. The Kier molecular flexibility index (Phi) is 5.67. The van der Waals surface area contributed by atoms with Crippen LogP contribution in [-0.2, 0) is 24.1 Å². The summed E-state index contributed by atoms with van der Waals surface area (Å²) in [6.07, 6.45) is 2.90. The van der Waals surface area contributed by atoms with Crippen molar-refractivity contribution < 1.29 is 9.59 Å². The molecule has 0 N–H and O–H groups in total. The summed E-state index contributed by atoms with van der Waals surface area (Å²) in [5.74, 6) is 0.229.